The molecule has 2 amide bonds. The molecule has 1 aromatic heterocycles. The van der Waals surface area contributed by atoms with Crippen LogP contribution in [-0.2, 0) is 27.5 Å². The van der Waals surface area contributed by atoms with Crippen LogP contribution in [0.25, 0.3) is 0 Å². The monoisotopic (exact) mass is 455 g/mol. The molecular formula is C20H24F3N5O4. The number of halogens is 3. The Bertz CT molecular complexity index is 903. The molecule has 1 fully saturated rings. The number of nitrogens with zero attached hydrogens (tertiary/aromatic N) is 5. The normalized spacial score (nSPS) is 17.6. The van der Waals surface area contributed by atoms with Crippen molar-refractivity contribution < 1.29 is 32.2 Å². The zero-order chi connectivity index (χ0) is 23.3. The van der Waals surface area contributed by atoms with E-state index in [2.05, 4.69) is 14.8 Å². The van der Waals surface area contributed by atoms with Gasteiger partial charge in [0.05, 0.1) is 19.3 Å². The Labute approximate surface area is 182 Å². The summed E-state index contributed by atoms with van der Waals surface area (Å²) in [6.45, 7) is 4.21. The van der Waals surface area contributed by atoms with Gasteiger partial charge in [0.25, 0.3) is 0 Å². The summed E-state index contributed by atoms with van der Waals surface area (Å²) in [5, 5.41) is 3.91. The summed E-state index contributed by atoms with van der Waals surface area (Å²) in [6.07, 6.45) is -2.50. The first-order valence-corrected chi connectivity index (χ1v) is 9.96. The van der Waals surface area contributed by atoms with Gasteiger partial charge in [-0.2, -0.15) is 5.10 Å². The Morgan fingerprint density at radius 2 is 1.94 bits per heavy atom. The Kier molecular flexibility index (Phi) is 7.33. The summed E-state index contributed by atoms with van der Waals surface area (Å²) >= 11 is 0. The van der Waals surface area contributed by atoms with E-state index in [1.807, 2.05) is 13.8 Å². The molecule has 1 unspecified atom stereocenters. The first-order chi connectivity index (χ1) is 15.1. The van der Waals surface area contributed by atoms with E-state index in [1.54, 1.807) is 4.90 Å². The first kappa shape index (κ1) is 23.5. The van der Waals surface area contributed by atoms with Crippen molar-refractivity contribution in [3.05, 3.63) is 42.5 Å². The lowest BCUT2D eigenvalue weighted by Gasteiger charge is -2.27. The number of ether oxygens (including phenoxy) is 2. The molecule has 2 aromatic rings. The number of rotatable bonds is 7. The Hall–Kier alpha value is -3.15. The number of carbonyl (C=O) groups excluding carboxylic acids is 2. The van der Waals surface area contributed by atoms with E-state index in [1.165, 1.54) is 46.5 Å². The molecule has 0 bridgehead atoms. The smallest absolute Gasteiger partial charge is 0.406 e. The molecule has 12 heteroatoms. The van der Waals surface area contributed by atoms with Crippen molar-refractivity contribution in [3.63, 3.8) is 0 Å². The fourth-order valence-corrected chi connectivity index (χ4v) is 3.29. The van der Waals surface area contributed by atoms with E-state index in [9.17, 15) is 22.8 Å². The molecule has 0 radical (unpaired) electrons. The zero-order valence-electron chi connectivity index (χ0n) is 17.7. The molecule has 0 aliphatic carbocycles. The number of alkyl halides is 3. The lowest BCUT2D eigenvalue weighted by Crippen LogP contribution is -2.43. The Morgan fingerprint density at radius 3 is 2.53 bits per heavy atom. The molecule has 2 heterocycles. The van der Waals surface area contributed by atoms with Crippen LogP contribution >= 0.6 is 0 Å². The van der Waals surface area contributed by atoms with Crippen LogP contribution in [0.5, 0.6) is 5.75 Å². The Morgan fingerprint density at radius 1 is 1.22 bits per heavy atom. The van der Waals surface area contributed by atoms with Gasteiger partial charge in [-0.15, -0.1) is 13.2 Å². The highest BCUT2D eigenvalue weighted by atomic mass is 19.4. The summed E-state index contributed by atoms with van der Waals surface area (Å²) in [5.41, 5.74) is 0.631. The number of carbonyl (C=O) groups is 2. The van der Waals surface area contributed by atoms with Crippen molar-refractivity contribution in [2.75, 3.05) is 19.6 Å². The van der Waals surface area contributed by atoms with Crippen LogP contribution in [0.4, 0.5) is 13.2 Å². The van der Waals surface area contributed by atoms with E-state index in [0.29, 0.717) is 12.1 Å². The van der Waals surface area contributed by atoms with Crippen LogP contribution in [0.1, 0.15) is 19.4 Å². The summed E-state index contributed by atoms with van der Waals surface area (Å²) < 4.78 is 48.1. The molecule has 0 saturated carbocycles. The molecule has 1 atom stereocenters. The third-order valence-corrected chi connectivity index (χ3v) is 4.85. The van der Waals surface area contributed by atoms with Gasteiger partial charge in [-0.3, -0.25) is 9.59 Å². The predicted octanol–water partition coefficient (Wildman–Crippen LogP) is 1.84. The lowest BCUT2D eigenvalue weighted by molar-refractivity contribution is -0.274. The van der Waals surface area contributed by atoms with Crippen molar-refractivity contribution in [1.29, 1.82) is 0 Å². The van der Waals surface area contributed by atoms with Gasteiger partial charge in [-0.1, -0.05) is 12.1 Å². The number of benzene rings is 1. The second-order valence-corrected chi connectivity index (χ2v) is 7.63. The van der Waals surface area contributed by atoms with E-state index < -0.39 is 12.5 Å². The molecule has 1 aliphatic heterocycles. The second kappa shape index (κ2) is 9.98. The summed E-state index contributed by atoms with van der Waals surface area (Å²) in [6, 6.07) is 5.26. The van der Waals surface area contributed by atoms with E-state index in [4.69, 9.17) is 4.74 Å². The fraction of sp³-hybridized carbons (Fsp3) is 0.500. The van der Waals surface area contributed by atoms with Gasteiger partial charge in [-0.25, -0.2) is 9.67 Å². The minimum absolute atomic E-state index is 0.0532. The second-order valence-electron chi connectivity index (χ2n) is 7.63. The van der Waals surface area contributed by atoms with Gasteiger partial charge in [-0.05, 0) is 31.5 Å². The van der Waals surface area contributed by atoms with Crippen LogP contribution in [0.15, 0.2) is 36.9 Å². The highest BCUT2D eigenvalue weighted by Gasteiger charge is 2.32. The summed E-state index contributed by atoms with van der Waals surface area (Å²) in [5.74, 6) is -0.805. The maximum Gasteiger partial charge on any atom is 0.573 e. The maximum absolute atomic E-state index is 12.7. The van der Waals surface area contributed by atoms with Crippen LogP contribution in [0, 0.1) is 0 Å². The van der Waals surface area contributed by atoms with Gasteiger partial charge < -0.3 is 19.3 Å². The zero-order valence-corrected chi connectivity index (χ0v) is 17.7. The largest absolute Gasteiger partial charge is 0.573 e. The molecule has 1 aliphatic rings. The lowest BCUT2D eigenvalue weighted by atomic mass is 10.2. The van der Waals surface area contributed by atoms with Crippen LogP contribution < -0.4 is 4.74 Å². The van der Waals surface area contributed by atoms with Gasteiger partial charge >= 0.3 is 6.36 Å². The van der Waals surface area contributed by atoms with Gasteiger partial charge in [0.2, 0.25) is 11.8 Å². The fourth-order valence-electron chi connectivity index (χ4n) is 3.29. The van der Waals surface area contributed by atoms with Crippen molar-refractivity contribution in [2.24, 2.45) is 0 Å². The van der Waals surface area contributed by atoms with Crippen molar-refractivity contribution in [3.8, 4) is 5.75 Å². The molecule has 9 nitrogen and oxygen atoms in total. The number of hydrogen-bond donors (Lipinski definition) is 0. The minimum atomic E-state index is -4.76. The van der Waals surface area contributed by atoms with Gasteiger partial charge in [0.1, 0.15) is 24.9 Å². The SMILES string of the molecule is CC(C)N1CC(OCc2ccc(OC(F)(F)F)cc2)CN(C(=O)Cn2cncn2)CC1=O. The molecule has 1 aromatic carbocycles. The molecule has 0 spiro atoms. The van der Waals surface area contributed by atoms with Gasteiger partial charge in [0.15, 0.2) is 0 Å². The number of amides is 2. The number of hydrogen-bond acceptors (Lipinski definition) is 6. The molecule has 3 rings (SSSR count). The predicted molar refractivity (Wildman–Crippen MR) is 105 cm³/mol. The minimum Gasteiger partial charge on any atom is -0.406 e. The third-order valence-electron chi connectivity index (χ3n) is 4.85. The van der Waals surface area contributed by atoms with E-state index >= 15 is 0 Å². The highest BCUT2D eigenvalue weighted by molar-refractivity contribution is 5.85. The maximum atomic E-state index is 12.7. The Balaban J connectivity index is 1.66. The highest BCUT2D eigenvalue weighted by Crippen LogP contribution is 2.23. The van der Waals surface area contributed by atoms with Crippen LogP contribution in [0.2, 0.25) is 0 Å². The molecule has 0 N–H and O–H groups in total. The van der Waals surface area contributed by atoms with Crippen molar-refractivity contribution >= 4 is 11.8 Å². The molecular weight excluding hydrogens is 431 g/mol. The standard InChI is InChI=1S/C20H24F3N5O4/c1-14(2)28-8-17(31-11-15-3-5-16(6-4-15)32-20(21,22)23)7-26(9-19(28)30)18(29)10-27-13-24-12-25-27/h3-6,12-14,17H,7-11H2,1-2H3. The van der Waals surface area contributed by atoms with Crippen LogP contribution in [-0.4, -0.2) is 74.5 Å². The summed E-state index contributed by atoms with van der Waals surface area (Å²) in [7, 11) is 0. The third kappa shape index (κ3) is 6.67. The van der Waals surface area contributed by atoms with E-state index in [0.717, 1.165) is 0 Å². The average molecular weight is 455 g/mol. The topological polar surface area (TPSA) is 89.8 Å². The molecule has 1 saturated heterocycles. The van der Waals surface area contributed by atoms with Crippen LogP contribution in [0.3, 0.4) is 0 Å². The van der Waals surface area contributed by atoms with Gasteiger partial charge in [0, 0.05) is 19.1 Å². The molecule has 174 valence electrons. The summed E-state index contributed by atoms with van der Waals surface area (Å²) in [4.78, 5) is 32.3. The number of aromatic nitrogens is 3. The first-order valence-electron chi connectivity index (χ1n) is 9.96. The van der Waals surface area contributed by atoms with E-state index in [-0.39, 0.29) is 49.8 Å². The van der Waals surface area contributed by atoms with Crippen molar-refractivity contribution in [1.82, 2.24) is 24.6 Å². The quantitative estimate of drug-likeness (QED) is 0.633. The van der Waals surface area contributed by atoms with Crippen molar-refractivity contribution in [2.45, 2.75) is 45.5 Å². The molecule has 32 heavy (non-hydrogen) atoms. The average Bonchev–Trinajstić information content (AvgIpc) is 3.15.